The van der Waals surface area contributed by atoms with E-state index in [4.69, 9.17) is 14.5 Å². The van der Waals surface area contributed by atoms with E-state index in [-0.39, 0.29) is 18.1 Å². The smallest absolute Gasteiger partial charge is 0.453 e. The minimum absolute atomic E-state index is 0.170. The highest BCUT2D eigenvalue weighted by Crippen LogP contribution is 2.38. The zero-order valence-electron chi connectivity index (χ0n) is 26.5. The maximum Gasteiger partial charge on any atom is 0.490 e. The number of hydrogen-bond donors (Lipinski definition) is 4. The van der Waals surface area contributed by atoms with Gasteiger partial charge in [0, 0.05) is 54.3 Å². The lowest BCUT2D eigenvalue weighted by atomic mass is 9.81. The summed E-state index contributed by atoms with van der Waals surface area (Å²) < 4.78 is 13.0. The van der Waals surface area contributed by atoms with E-state index in [1.165, 1.54) is 13.3 Å². The molecule has 1 aliphatic heterocycles. The van der Waals surface area contributed by atoms with Gasteiger partial charge in [-0.2, -0.15) is 0 Å². The summed E-state index contributed by atoms with van der Waals surface area (Å²) in [4.78, 5) is 35.2. The van der Waals surface area contributed by atoms with Crippen LogP contribution in [0.1, 0.15) is 43.9 Å². The summed E-state index contributed by atoms with van der Waals surface area (Å²) in [5.74, 6) is 0.471. The van der Waals surface area contributed by atoms with Gasteiger partial charge in [-0.15, -0.1) is 0 Å². The Labute approximate surface area is 259 Å². The van der Waals surface area contributed by atoms with Crippen LogP contribution in [0.3, 0.4) is 0 Å². The van der Waals surface area contributed by atoms with Crippen LogP contribution in [-0.2, 0) is 21.0 Å². The SMILES string of the molecule is COC(=O)Nc1ccc2c(c1)NC(=O)C(C)(C)CCC=C(c1ccc(B(O)O)cn1)c1nc-2c(C)n1COCC[Si](C)(C)C. The number of nitrogens with one attached hydrogen (secondary N) is 2. The van der Waals surface area contributed by atoms with Crippen molar-refractivity contribution in [2.75, 3.05) is 24.4 Å². The van der Waals surface area contributed by atoms with Gasteiger partial charge < -0.3 is 29.4 Å². The van der Waals surface area contributed by atoms with Crippen LogP contribution in [0, 0.1) is 12.3 Å². The molecule has 4 N–H and O–H groups in total. The third kappa shape index (κ3) is 7.83. The molecule has 0 unspecified atom stereocenters. The van der Waals surface area contributed by atoms with Gasteiger partial charge in [0.2, 0.25) is 5.91 Å². The second-order valence-electron chi connectivity index (χ2n) is 12.9. The molecule has 4 rings (SSSR count). The number of pyridine rings is 1. The molecule has 2 amide bonds. The van der Waals surface area contributed by atoms with Gasteiger partial charge in [-0.05, 0) is 50.1 Å². The summed E-state index contributed by atoms with van der Waals surface area (Å²) in [5.41, 5.74) is 4.00. The lowest BCUT2D eigenvalue weighted by Crippen LogP contribution is -2.31. The van der Waals surface area contributed by atoms with Crippen LogP contribution in [0.4, 0.5) is 16.2 Å². The van der Waals surface area contributed by atoms with Gasteiger partial charge in [0.25, 0.3) is 0 Å². The van der Waals surface area contributed by atoms with Crippen molar-refractivity contribution in [1.82, 2.24) is 14.5 Å². The molecular formula is C31H42BN5O6Si. The molecule has 3 heterocycles. The van der Waals surface area contributed by atoms with Crippen molar-refractivity contribution in [3.63, 3.8) is 0 Å². The summed E-state index contributed by atoms with van der Waals surface area (Å²) in [5, 5.41) is 25.0. The van der Waals surface area contributed by atoms with Gasteiger partial charge in [-0.25, -0.2) is 9.78 Å². The van der Waals surface area contributed by atoms with Crippen molar-refractivity contribution in [1.29, 1.82) is 0 Å². The normalized spacial score (nSPS) is 14.8. The van der Waals surface area contributed by atoms with Gasteiger partial charge in [-0.3, -0.25) is 15.1 Å². The number of anilines is 2. The fraction of sp³-hybridized carbons (Fsp3) is 0.419. The van der Waals surface area contributed by atoms with Crippen molar-refractivity contribution in [2.45, 2.75) is 66.0 Å². The van der Waals surface area contributed by atoms with Crippen LogP contribution in [0.15, 0.2) is 42.6 Å². The minimum Gasteiger partial charge on any atom is -0.453 e. The van der Waals surface area contributed by atoms with E-state index in [9.17, 15) is 19.6 Å². The first-order valence-corrected chi connectivity index (χ1v) is 18.4. The van der Waals surface area contributed by atoms with Crippen molar-refractivity contribution in [3.05, 3.63) is 59.8 Å². The Morgan fingerprint density at radius 2 is 1.95 bits per heavy atom. The Morgan fingerprint density at radius 3 is 2.59 bits per heavy atom. The topological polar surface area (TPSA) is 148 Å². The second-order valence-corrected chi connectivity index (χ2v) is 18.5. The number of carbonyl (C=O) groups excluding carboxylic acids is 2. The summed E-state index contributed by atoms with van der Waals surface area (Å²) in [7, 11) is -1.66. The number of benzene rings is 1. The lowest BCUT2D eigenvalue weighted by molar-refractivity contribution is -0.124. The number of carbonyl (C=O) groups is 2. The largest absolute Gasteiger partial charge is 0.490 e. The zero-order chi connectivity index (χ0) is 32.2. The first-order valence-electron chi connectivity index (χ1n) is 14.7. The fourth-order valence-electron chi connectivity index (χ4n) is 4.80. The standard InChI is InChI=1S/C31H42BN5O6Si/c1-20-27-23-12-11-22(34-30(39)42-4)17-26(23)35-29(38)31(2,3)14-8-9-24(25-13-10-21(18-33-25)32(40)41)28(36-27)37(20)19-43-15-16-44(5,6)7/h9-13,17-18,40-41H,8,14-16,19H2,1-7H3,(H,34,39)(H,35,38). The Kier molecular flexibility index (Phi) is 10.1. The second kappa shape index (κ2) is 13.5. The van der Waals surface area contributed by atoms with E-state index in [1.807, 2.05) is 37.5 Å². The molecule has 0 saturated carbocycles. The van der Waals surface area contributed by atoms with Gasteiger partial charge in [0.15, 0.2) is 0 Å². The number of ether oxygens (including phenoxy) is 2. The van der Waals surface area contributed by atoms with Gasteiger partial charge in [0.05, 0.1) is 24.2 Å². The van der Waals surface area contributed by atoms with E-state index in [1.54, 1.807) is 24.3 Å². The molecule has 2 aromatic heterocycles. The van der Waals surface area contributed by atoms with Crippen molar-refractivity contribution < 1.29 is 29.1 Å². The molecular weight excluding hydrogens is 577 g/mol. The average molecular weight is 620 g/mol. The van der Waals surface area contributed by atoms with E-state index in [0.717, 1.165) is 17.3 Å². The molecule has 0 spiro atoms. The molecule has 11 nitrogen and oxygen atoms in total. The van der Waals surface area contributed by atoms with Crippen LogP contribution < -0.4 is 16.1 Å². The zero-order valence-corrected chi connectivity index (χ0v) is 27.5. The molecule has 0 fully saturated rings. The van der Waals surface area contributed by atoms with Crippen LogP contribution >= 0.6 is 0 Å². The molecule has 13 heteroatoms. The molecule has 0 saturated heterocycles. The minimum atomic E-state index is -1.63. The summed E-state index contributed by atoms with van der Waals surface area (Å²) in [6.45, 7) is 13.5. The predicted molar refractivity (Wildman–Crippen MR) is 175 cm³/mol. The van der Waals surface area contributed by atoms with Gasteiger partial charge in [0.1, 0.15) is 12.6 Å². The molecule has 44 heavy (non-hydrogen) atoms. The van der Waals surface area contributed by atoms with Crippen molar-refractivity contribution >= 4 is 49.6 Å². The number of amides is 2. The number of aromatic nitrogens is 3. The number of imidazole rings is 1. The Morgan fingerprint density at radius 1 is 1.20 bits per heavy atom. The highest BCUT2D eigenvalue weighted by molar-refractivity contribution is 6.76. The highest BCUT2D eigenvalue weighted by atomic mass is 28.3. The number of methoxy groups -OCH3 is 1. The molecule has 0 aliphatic carbocycles. The molecule has 1 aromatic carbocycles. The molecule has 3 aromatic rings. The van der Waals surface area contributed by atoms with Gasteiger partial charge >= 0.3 is 13.2 Å². The summed E-state index contributed by atoms with van der Waals surface area (Å²) in [6, 6.07) is 9.62. The number of nitrogens with zero attached hydrogens (tertiary/aromatic N) is 3. The average Bonchev–Trinajstić information content (AvgIpc) is 3.27. The quantitative estimate of drug-likeness (QED) is 0.211. The van der Waals surface area contributed by atoms with Crippen LogP contribution in [-0.4, -0.2) is 65.5 Å². The summed E-state index contributed by atoms with van der Waals surface area (Å²) in [6.07, 6.45) is 3.93. The molecule has 0 atom stereocenters. The van der Waals surface area contributed by atoms with E-state index >= 15 is 0 Å². The Bertz CT molecular complexity index is 1550. The van der Waals surface area contributed by atoms with E-state index in [2.05, 4.69) is 35.3 Å². The van der Waals surface area contributed by atoms with Crippen LogP contribution in [0.5, 0.6) is 0 Å². The van der Waals surface area contributed by atoms with Gasteiger partial charge in [-0.1, -0.05) is 45.6 Å². The van der Waals surface area contributed by atoms with E-state index in [0.29, 0.717) is 53.6 Å². The Balaban J connectivity index is 1.91. The van der Waals surface area contributed by atoms with Crippen molar-refractivity contribution in [2.24, 2.45) is 5.41 Å². The third-order valence-corrected chi connectivity index (χ3v) is 9.43. The van der Waals surface area contributed by atoms with Crippen molar-refractivity contribution in [3.8, 4) is 11.3 Å². The molecule has 234 valence electrons. The summed E-state index contributed by atoms with van der Waals surface area (Å²) >= 11 is 0. The monoisotopic (exact) mass is 619 g/mol. The maximum atomic E-state index is 13.6. The van der Waals surface area contributed by atoms with Crippen LogP contribution in [0.25, 0.3) is 16.8 Å². The molecule has 0 radical (unpaired) electrons. The number of fused-ring (bicyclic) bond motifs is 4. The lowest BCUT2D eigenvalue weighted by Gasteiger charge is -2.24. The highest BCUT2D eigenvalue weighted by Gasteiger charge is 2.30. The van der Waals surface area contributed by atoms with E-state index < -0.39 is 26.7 Å². The number of rotatable bonds is 8. The first kappa shape index (κ1) is 33.1. The number of hydrogen-bond acceptors (Lipinski definition) is 8. The third-order valence-electron chi connectivity index (χ3n) is 7.73. The Hall–Kier alpha value is -3.78. The molecule has 1 aliphatic rings. The van der Waals surface area contributed by atoms with Crippen LogP contribution in [0.2, 0.25) is 25.7 Å². The fourth-order valence-corrected chi connectivity index (χ4v) is 5.55. The molecule has 2 bridgehead atoms. The first-order chi connectivity index (χ1) is 20.7. The number of allylic oxidation sites excluding steroid dienone is 1. The maximum absolute atomic E-state index is 13.6. The predicted octanol–water partition coefficient (Wildman–Crippen LogP) is 4.61.